The van der Waals surface area contributed by atoms with Crippen LogP contribution in [0.1, 0.15) is 56.9 Å². The van der Waals surface area contributed by atoms with Crippen LogP contribution in [0, 0.1) is 10.8 Å². The van der Waals surface area contributed by atoms with Crippen molar-refractivity contribution in [3.8, 4) is 0 Å². The van der Waals surface area contributed by atoms with Gasteiger partial charge in [0.2, 0.25) is 15.7 Å². The van der Waals surface area contributed by atoms with Gasteiger partial charge in [0.1, 0.15) is 0 Å². The molecule has 1 amide bonds. The van der Waals surface area contributed by atoms with Crippen molar-refractivity contribution in [2.45, 2.75) is 62.2 Å². The summed E-state index contributed by atoms with van der Waals surface area (Å²) >= 11 is 0. The Morgan fingerprint density at radius 1 is 1.09 bits per heavy atom. The Balaban J connectivity index is 1.45. The number of carboxylic acids is 1. The zero-order chi connectivity index (χ0) is 25.7. The smallest absolute Gasteiger partial charge is 0.346 e. The molecular weight excluding hydrogens is 478 g/mol. The number of carbonyl (C=O) groups is 2. The van der Waals surface area contributed by atoms with Crippen molar-refractivity contribution in [2.75, 3.05) is 32.9 Å². The quantitative estimate of drug-likeness (QED) is 0.627. The van der Waals surface area contributed by atoms with Crippen molar-refractivity contribution < 1.29 is 31.9 Å². The molecule has 3 aliphatic rings. The predicted molar refractivity (Wildman–Crippen MR) is 127 cm³/mol. The first-order valence-electron chi connectivity index (χ1n) is 12.1. The zero-order valence-corrected chi connectivity index (χ0v) is 21.1. The van der Waals surface area contributed by atoms with Crippen molar-refractivity contribution >= 4 is 21.7 Å². The van der Waals surface area contributed by atoms with Crippen LogP contribution >= 0.6 is 0 Å². The number of rotatable bonds is 6. The SMILES string of the molecule is CN(C)C1(c2ccccc2)CCC2(CC1)CC(=O)N(CCC1(C(=O)O)CCS(=O)(=O)C(F)(F)C1)C2. The van der Waals surface area contributed by atoms with E-state index >= 15 is 0 Å². The van der Waals surface area contributed by atoms with Gasteiger partial charge < -0.3 is 10.0 Å². The van der Waals surface area contributed by atoms with Gasteiger partial charge in [-0.15, -0.1) is 0 Å². The van der Waals surface area contributed by atoms with Gasteiger partial charge in [0.15, 0.2) is 0 Å². The van der Waals surface area contributed by atoms with E-state index < -0.39 is 38.6 Å². The number of alkyl halides is 2. The van der Waals surface area contributed by atoms with E-state index in [1.807, 2.05) is 18.2 Å². The number of hydrogen-bond donors (Lipinski definition) is 1. The average Bonchev–Trinajstić information content (AvgIpc) is 3.10. The second-order valence-corrected chi connectivity index (χ2v) is 13.2. The Kier molecular flexibility index (Phi) is 6.54. The summed E-state index contributed by atoms with van der Waals surface area (Å²) < 4.78 is 51.9. The van der Waals surface area contributed by atoms with Crippen LogP contribution in [0.5, 0.6) is 0 Å². The molecule has 2 saturated heterocycles. The lowest BCUT2D eigenvalue weighted by Gasteiger charge is -2.49. The van der Waals surface area contributed by atoms with E-state index in [1.165, 1.54) is 5.56 Å². The maximum absolute atomic E-state index is 14.2. The van der Waals surface area contributed by atoms with E-state index in [0.717, 1.165) is 25.7 Å². The fraction of sp³-hybridized carbons (Fsp3) is 0.680. The fourth-order valence-corrected chi connectivity index (χ4v) is 7.83. The molecule has 1 saturated carbocycles. The molecule has 3 fully saturated rings. The molecule has 1 unspecified atom stereocenters. The normalized spacial score (nSPS) is 31.7. The second kappa shape index (κ2) is 8.80. The van der Waals surface area contributed by atoms with Gasteiger partial charge in [-0.05, 0) is 63.6 Å². The van der Waals surface area contributed by atoms with Gasteiger partial charge in [0.05, 0.1) is 11.2 Å². The van der Waals surface area contributed by atoms with Gasteiger partial charge in [-0.25, -0.2) is 8.42 Å². The molecule has 1 aliphatic carbocycles. The van der Waals surface area contributed by atoms with Crippen LogP contribution in [0.3, 0.4) is 0 Å². The maximum Gasteiger partial charge on any atom is 0.346 e. The molecule has 2 aliphatic heterocycles. The van der Waals surface area contributed by atoms with Crippen molar-refractivity contribution in [3.63, 3.8) is 0 Å². The van der Waals surface area contributed by atoms with Crippen molar-refractivity contribution in [1.29, 1.82) is 0 Å². The number of halogens is 2. The number of likely N-dealkylation sites (tertiary alicyclic amines) is 1. The summed E-state index contributed by atoms with van der Waals surface area (Å²) in [5, 5.41) is 5.68. The molecule has 1 N–H and O–H groups in total. The highest BCUT2D eigenvalue weighted by Crippen LogP contribution is 2.53. The van der Waals surface area contributed by atoms with Crippen LogP contribution in [0.15, 0.2) is 30.3 Å². The van der Waals surface area contributed by atoms with E-state index in [-0.39, 0.29) is 36.2 Å². The molecule has 0 aromatic heterocycles. The van der Waals surface area contributed by atoms with Crippen LogP contribution in [0.2, 0.25) is 0 Å². The molecule has 4 rings (SSSR count). The third-order valence-corrected chi connectivity index (χ3v) is 10.7. The molecule has 10 heteroatoms. The largest absolute Gasteiger partial charge is 0.481 e. The minimum Gasteiger partial charge on any atom is -0.481 e. The lowest BCUT2D eigenvalue weighted by molar-refractivity contribution is -0.155. The molecule has 35 heavy (non-hydrogen) atoms. The van der Waals surface area contributed by atoms with E-state index in [9.17, 15) is 31.9 Å². The van der Waals surface area contributed by atoms with Crippen molar-refractivity contribution in [3.05, 3.63) is 35.9 Å². The molecule has 1 atom stereocenters. The first-order valence-corrected chi connectivity index (χ1v) is 13.8. The minimum atomic E-state index is -4.66. The van der Waals surface area contributed by atoms with Crippen LogP contribution < -0.4 is 0 Å². The first kappa shape index (κ1) is 26.0. The third-order valence-electron chi connectivity index (χ3n) is 8.87. The molecule has 7 nitrogen and oxygen atoms in total. The van der Waals surface area contributed by atoms with E-state index in [1.54, 1.807) is 4.90 Å². The third kappa shape index (κ3) is 4.48. The summed E-state index contributed by atoms with van der Waals surface area (Å²) in [6, 6.07) is 10.3. The molecule has 194 valence electrons. The minimum absolute atomic E-state index is 0.0422. The molecule has 1 aromatic carbocycles. The van der Waals surface area contributed by atoms with Gasteiger partial charge in [-0.1, -0.05) is 30.3 Å². The molecule has 1 spiro atoms. The summed E-state index contributed by atoms with van der Waals surface area (Å²) in [6.07, 6.45) is 2.02. The molecule has 1 aromatic rings. The Bertz CT molecular complexity index is 1080. The molecular formula is C25H34F2N2O5S. The van der Waals surface area contributed by atoms with Crippen LogP contribution in [-0.2, 0) is 25.0 Å². The number of hydrogen-bond acceptors (Lipinski definition) is 5. The van der Waals surface area contributed by atoms with Crippen LogP contribution in [-0.4, -0.2) is 73.4 Å². The summed E-state index contributed by atoms with van der Waals surface area (Å²) in [7, 11) is -0.514. The van der Waals surface area contributed by atoms with Gasteiger partial charge in [0, 0.05) is 31.5 Å². The molecule has 2 heterocycles. The molecule has 0 radical (unpaired) electrons. The van der Waals surface area contributed by atoms with Gasteiger partial charge in [0.25, 0.3) is 0 Å². The number of carboxylic acid groups (broad SMARTS) is 1. The summed E-state index contributed by atoms with van der Waals surface area (Å²) in [6.45, 7) is 0.523. The Morgan fingerprint density at radius 3 is 2.26 bits per heavy atom. The summed E-state index contributed by atoms with van der Waals surface area (Å²) in [5.41, 5.74) is -0.931. The Morgan fingerprint density at radius 2 is 1.71 bits per heavy atom. The van der Waals surface area contributed by atoms with E-state index in [4.69, 9.17) is 0 Å². The fourth-order valence-electron chi connectivity index (χ4n) is 6.38. The topological polar surface area (TPSA) is 95.0 Å². The van der Waals surface area contributed by atoms with Crippen molar-refractivity contribution in [1.82, 2.24) is 9.80 Å². The highest BCUT2D eigenvalue weighted by atomic mass is 32.2. The van der Waals surface area contributed by atoms with Gasteiger partial charge in [-0.3, -0.25) is 14.5 Å². The Labute approximate surface area is 205 Å². The number of aliphatic carboxylic acids is 1. The number of benzene rings is 1. The first-order chi connectivity index (χ1) is 16.3. The molecule has 0 bridgehead atoms. The maximum atomic E-state index is 14.2. The zero-order valence-electron chi connectivity index (χ0n) is 20.3. The Hall–Kier alpha value is -2.07. The van der Waals surface area contributed by atoms with Gasteiger partial charge >= 0.3 is 11.2 Å². The van der Waals surface area contributed by atoms with Gasteiger partial charge in [-0.2, -0.15) is 8.78 Å². The highest BCUT2D eigenvalue weighted by Gasteiger charge is 2.59. The average molecular weight is 513 g/mol. The number of amides is 1. The number of nitrogens with zero attached hydrogens (tertiary/aromatic N) is 2. The van der Waals surface area contributed by atoms with Crippen LogP contribution in [0.25, 0.3) is 0 Å². The predicted octanol–water partition coefficient (Wildman–Crippen LogP) is 3.50. The lowest BCUT2D eigenvalue weighted by atomic mass is 9.64. The standard InChI is InChI=1S/C25H34F2N2O5S/c1-28(2)24(19-6-4-3-5-7-19)10-8-22(9-11-24)16-20(30)29(18-22)14-12-23(21(31)32)13-15-35(33,34)25(26,27)17-23/h3-7H,8-18H2,1-2H3,(H,31,32). The monoisotopic (exact) mass is 512 g/mol. The summed E-state index contributed by atoms with van der Waals surface area (Å²) in [5.74, 6) is -2.38. The van der Waals surface area contributed by atoms with E-state index in [2.05, 4.69) is 31.1 Å². The second-order valence-electron chi connectivity index (χ2n) is 11.0. The van der Waals surface area contributed by atoms with Crippen molar-refractivity contribution in [2.24, 2.45) is 10.8 Å². The lowest BCUT2D eigenvalue weighted by Crippen LogP contribution is -2.50. The number of carbonyl (C=O) groups excluding carboxylic acids is 1. The highest BCUT2D eigenvalue weighted by molar-refractivity contribution is 7.92. The van der Waals surface area contributed by atoms with Crippen LogP contribution in [0.4, 0.5) is 8.78 Å². The van der Waals surface area contributed by atoms with E-state index in [0.29, 0.717) is 13.0 Å². The number of sulfone groups is 1. The summed E-state index contributed by atoms with van der Waals surface area (Å²) in [4.78, 5) is 28.8.